The van der Waals surface area contributed by atoms with Gasteiger partial charge in [0.2, 0.25) is 0 Å². The van der Waals surface area contributed by atoms with Crippen LogP contribution in [0.4, 0.5) is 0 Å². The zero-order valence-electron chi connectivity index (χ0n) is 12.0. The Morgan fingerprint density at radius 3 is 2.25 bits per heavy atom. The summed E-state index contributed by atoms with van der Waals surface area (Å²) in [5, 5.41) is 14.0. The summed E-state index contributed by atoms with van der Waals surface area (Å²) < 4.78 is 2.06. The van der Waals surface area contributed by atoms with Gasteiger partial charge in [0.15, 0.2) is 0 Å². The molecule has 4 aliphatic carbocycles. The molecule has 0 unspecified atom stereocenters. The summed E-state index contributed by atoms with van der Waals surface area (Å²) in [6.45, 7) is 1.98. The molecule has 1 aromatic heterocycles. The quantitative estimate of drug-likeness (QED) is 0.921. The Morgan fingerprint density at radius 2 is 1.85 bits per heavy atom. The van der Waals surface area contributed by atoms with Crippen LogP contribution in [0.5, 0.6) is 0 Å². The number of aromatic nitrogens is 2. The number of rotatable bonds is 3. The highest BCUT2D eigenvalue weighted by molar-refractivity contribution is 5.88. The zero-order chi connectivity index (χ0) is 13.9. The smallest absolute Gasteiger partial charge is 0.339 e. The highest BCUT2D eigenvalue weighted by Gasteiger charge is 2.52. The van der Waals surface area contributed by atoms with E-state index >= 15 is 0 Å². The number of hydrogen-bond donors (Lipinski definition) is 1. The molecule has 1 N–H and O–H groups in total. The molecule has 5 rings (SSSR count). The van der Waals surface area contributed by atoms with Crippen molar-refractivity contribution in [1.29, 1.82) is 0 Å². The number of hydrogen-bond acceptors (Lipinski definition) is 2. The van der Waals surface area contributed by atoms with Gasteiger partial charge in [-0.05, 0) is 62.7 Å². The van der Waals surface area contributed by atoms with E-state index in [-0.39, 0.29) is 5.54 Å². The van der Waals surface area contributed by atoms with Crippen molar-refractivity contribution in [3.05, 3.63) is 17.5 Å². The number of aromatic carboxylic acids is 1. The predicted molar refractivity (Wildman–Crippen MR) is 74.7 cm³/mol. The Morgan fingerprint density at radius 1 is 1.30 bits per heavy atom. The van der Waals surface area contributed by atoms with Crippen molar-refractivity contribution < 1.29 is 9.90 Å². The number of aryl methyl sites for hydroxylation is 1. The van der Waals surface area contributed by atoms with Crippen molar-refractivity contribution in [3.63, 3.8) is 0 Å². The van der Waals surface area contributed by atoms with Gasteiger partial charge in [0, 0.05) is 6.20 Å². The Balaban J connectivity index is 1.75. The minimum absolute atomic E-state index is 0.131. The SMILES string of the molecule is CCc1nn(C23CC4CC(CC(C4)C2)C3)cc1C(=O)O. The Hall–Kier alpha value is -1.32. The standard InChI is InChI=1S/C16H22N2O2/c1-2-14-13(15(19)20)9-18(17-14)16-6-10-3-11(7-16)5-12(4-10)8-16/h9-12H,2-8H2,1H3,(H,19,20). The van der Waals surface area contributed by atoms with Crippen molar-refractivity contribution in [3.8, 4) is 0 Å². The van der Waals surface area contributed by atoms with Crippen LogP contribution in [0.25, 0.3) is 0 Å². The Labute approximate surface area is 119 Å². The normalized spacial score (nSPS) is 38.4. The molecule has 4 heteroatoms. The molecule has 0 aromatic carbocycles. The van der Waals surface area contributed by atoms with Crippen LogP contribution in [0.2, 0.25) is 0 Å². The summed E-state index contributed by atoms with van der Waals surface area (Å²) in [5.74, 6) is 1.72. The molecule has 0 aliphatic heterocycles. The topological polar surface area (TPSA) is 55.1 Å². The second-order valence-electron chi connectivity index (χ2n) is 7.23. The molecule has 4 aliphatic rings. The van der Waals surface area contributed by atoms with Gasteiger partial charge in [0.25, 0.3) is 0 Å². The van der Waals surface area contributed by atoms with E-state index in [1.165, 1.54) is 38.5 Å². The molecule has 4 fully saturated rings. The molecule has 0 spiro atoms. The van der Waals surface area contributed by atoms with Crippen LogP contribution < -0.4 is 0 Å². The third kappa shape index (κ3) is 1.66. The van der Waals surface area contributed by atoms with Gasteiger partial charge in [0.1, 0.15) is 5.56 Å². The van der Waals surface area contributed by atoms with E-state index in [2.05, 4.69) is 9.78 Å². The maximum atomic E-state index is 11.4. The van der Waals surface area contributed by atoms with Crippen LogP contribution in [-0.2, 0) is 12.0 Å². The van der Waals surface area contributed by atoms with E-state index < -0.39 is 5.97 Å². The first-order valence-electron chi connectivity index (χ1n) is 7.92. The van der Waals surface area contributed by atoms with Gasteiger partial charge in [-0.3, -0.25) is 4.68 Å². The Kier molecular flexibility index (Phi) is 2.54. The molecule has 0 atom stereocenters. The van der Waals surface area contributed by atoms with E-state index in [1.54, 1.807) is 0 Å². The van der Waals surface area contributed by atoms with Gasteiger partial charge >= 0.3 is 5.97 Å². The van der Waals surface area contributed by atoms with Crippen LogP contribution in [-0.4, -0.2) is 20.9 Å². The monoisotopic (exact) mass is 274 g/mol. The van der Waals surface area contributed by atoms with Crippen molar-refractivity contribution in [2.45, 2.75) is 57.4 Å². The summed E-state index contributed by atoms with van der Waals surface area (Å²) in [6.07, 6.45) is 10.3. The van der Waals surface area contributed by atoms with Crippen molar-refractivity contribution >= 4 is 5.97 Å². The summed E-state index contributed by atoms with van der Waals surface area (Å²) >= 11 is 0. The lowest BCUT2D eigenvalue weighted by Crippen LogP contribution is -2.52. The second-order valence-corrected chi connectivity index (χ2v) is 7.23. The van der Waals surface area contributed by atoms with Crippen LogP contribution >= 0.6 is 0 Å². The largest absolute Gasteiger partial charge is 0.478 e. The first kappa shape index (κ1) is 12.4. The molecule has 4 bridgehead atoms. The minimum atomic E-state index is -0.835. The summed E-state index contributed by atoms with van der Waals surface area (Å²) in [6, 6.07) is 0. The van der Waals surface area contributed by atoms with E-state index in [4.69, 9.17) is 0 Å². The molecule has 4 nitrogen and oxygen atoms in total. The van der Waals surface area contributed by atoms with E-state index in [0.717, 1.165) is 23.4 Å². The van der Waals surface area contributed by atoms with Crippen molar-refractivity contribution in [2.75, 3.05) is 0 Å². The second kappa shape index (κ2) is 4.09. The molecule has 108 valence electrons. The van der Waals surface area contributed by atoms with Crippen LogP contribution in [0.3, 0.4) is 0 Å². The average Bonchev–Trinajstić information content (AvgIpc) is 2.82. The number of nitrogens with zero attached hydrogens (tertiary/aromatic N) is 2. The first-order valence-corrected chi connectivity index (χ1v) is 7.92. The van der Waals surface area contributed by atoms with Gasteiger partial charge < -0.3 is 5.11 Å². The summed E-state index contributed by atoms with van der Waals surface area (Å²) in [7, 11) is 0. The van der Waals surface area contributed by atoms with Gasteiger partial charge in [-0.15, -0.1) is 0 Å². The fraction of sp³-hybridized carbons (Fsp3) is 0.750. The molecule has 0 radical (unpaired) electrons. The Bertz CT molecular complexity index is 526. The predicted octanol–water partition coefficient (Wildman–Crippen LogP) is 3.07. The molecular formula is C16H22N2O2. The number of carboxylic acids is 1. The van der Waals surface area contributed by atoms with Crippen LogP contribution in [0, 0.1) is 17.8 Å². The molecule has 0 amide bonds. The molecule has 1 heterocycles. The number of carboxylic acid groups (broad SMARTS) is 1. The third-order valence-corrected chi connectivity index (χ3v) is 5.85. The van der Waals surface area contributed by atoms with Gasteiger partial charge in [0.05, 0.1) is 11.2 Å². The third-order valence-electron chi connectivity index (χ3n) is 5.85. The van der Waals surface area contributed by atoms with Gasteiger partial charge in [-0.25, -0.2) is 4.79 Å². The van der Waals surface area contributed by atoms with E-state index in [9.17, 15) is 9.90 Å². The number of carbonyl (C=O) groups is 1. The van der Waals surface area contributed by atoms with Gasteiger partial charge in [-0.1, -0.05) is 6.92 Å². The summed E-state index contributed by atoms with van der Waals surface area (Å²) in [4.78, 5) is 11.4. The minimum Gasteiger partial charge on any atom is -0.478 e. The van der Waals surface area contributed by atoms with Crippen molar-refractivity contribution in [2.24, 2.45) is 17.8 Å². The molecule has 4 saturated carbocycles. The summed E-state index contributed by atoms with van der Waals surface area (Å²) in [5.41, 5.74) is 1.28. The lowest BCUT2D eigenvalue weighted by molar-refractivity contribution is -0.0495. The molecule has 20 heavy (non-hydrogen) atoms. The zero-order valence-corrected chi connectivity index (χ0v) is 12.0. The maximum Gasteiger partial charge on any atom is 0.339 e. The maximum absolute atomic E-state index is 11.4. The highest BCUT2D eigenvalue weighted by atomic mass is 16.4. The van der Waals surface area contributed by atoms with Crippen molar-refractivity contribution in [1.82, 2.24) is 9.78 Å². The molecule has 0 saturated heterocycles. The molecule has 1 aromatic rings. The lowest BCUT2D eigenvalue weighted by atomic mass is 9.53. The van der Waals surface area contributed by atoms with E-state index in [0.29, 0.717) is 12.0 Å². The van der Waals surface area contributed by atoms with E-state index in [1.807, 2.05) is 13.1 Å². The fourth-order valence-corrected chi connectivity index (χ4v) is 5.44. The van der Waals surface area contributed by atoms with Gasteiger partial charge in [-0.2, -0.15) is 5.10 Å². The highest BCUT2D eigenvalue weighted by Crippen LogP contribution is 2.58. The lowest BCUT2D eigenvalue weighted by Gasteiger charge is -2.56. The average molecular weight is 274 g/mol. The molecular weight excluding hydrogens is 252 g/mol. The fourth-order valence-electron chi connectivity index (χ4n) is 5.44. The van der Waals surface area contributed by atoms with Crippen LogP contribution in [0.15, 0.2) is 6.20 Å². The first-order chi connectivity index (χ1) is 9.59. The van der Waals surface area contributed by atoms with Crippen LogP contribution in [0.1, 0.15) is 61.5 Å².